The van der Waals surface area contributed by atoms with Crippen LogP contribution in [0.5, 0.6) is 5.75 Å². The Morgan fingerprint density at radius 3 is 2.57 bits per heavy atom. The minimum Gasteiger partial charge on any atom is -0.490 e. The van der Waals surface area contributed by atoms with E-state index >= 15 is 0 Å². The van der Waals surface area contributed by atoms with Crippen LogP contribution in [0, 0.1) is 6.92 Å². The number of guanidine groups is 1. The smallest absolute Gasteiger partial charge is 0.191 e. The van der Waals surface area contributed by atoms with E-state index in [2.05, 4.69) is 15.6 Å². The number of sulfone groups is 1. The van der Waals surface area contributed by atoms with E-state index in [-0.39, 0.29) is 0 Å². The molecular formula is C20H26ClN3O3S. The summed E-state index contributed by atoms with van der Waals surface area (Å²) >= 11 is 6.07. The second-order valence-corrected chi connectivity index (χ2v) is 8.66. The highest BCUT2D eigenvalue weighted by molar-refractivity contribution is 7.90. The maximum atomic E-state index is 11.7. The first kappa shape index (κ1) is 22.0. The zero-order valence-corrected chi connectivity index (χ0v) is 17.9. The summed E-state index contributed by atoms with van der Waals surface area (Å²) in [5, 5.41) is 6.96. The zero-order valence-electron chi connectivity index (χ0n) is 16.3. The molecule has 28 heavy (non-hydrogen) atoms. The van der Waals surface area contributed by atoms with Crippen molar-refractivity contribution in [1.29, 1.82) is 0 Å². The van der Waals surface area contributed by atoms with Crippen LogP contribution in [-0.2, 0) is 16.4 Å². The Morgan fingerprint density at radius 1 is 1.18 bits per heavy atom. The topological polar surface area (TPSA) is 79.8 Å². The van der Waals surface area contributed by atoms with Gasteiger partial charge in [-0.1, -0.05) is 35.9 Å². The Morgan fingerprint density at radius 2 is 1.93 bits per heavy atom. The third kappa shape index (κ3) is 6.73. The van der Waals surface area contributed by atoms with E-state index in [1.807, 2.05) is 31.2 Å². The van der Waals surface area contributed by atoms with Gasteiger partial charge < -0.3 is 15.4 Å². The summed E-state index contributed by atoms with van der Waals surface area (Å²) in [6.45, 7) is 5.94. The average molecular weight is 424 g/mol. The zero-order chi connectivity index (χ0) is 20.6. The lowest BCUT2D eigenvalue weighted by Gasteiger charge is -2.13. The van der Waals surface area contributed by atoms with Crippen LogP contribution in [0.3, 0.4) is 0 Å². The van der Waals surface area contributed by atoms with Crippen LogP contribution >= 0.6 is 11.6 Å². The van der Waals surface area contributed by atoms with E-state index in [4.69, 9.17) is 16.3 Å². The monoisotopic (exact) mass is 423 g/mol. The maximum absolute atomic E-state index is 11.7. The number of ether oxygens (including phenoxy) is 1. The second-order valence-electron chi connectivity index (χ2n) is 6.27. The number of hydrogen-bond donors (Lipinski definition) is 2. The molecule has 0 aliphatic carbocycles. The normalized spacial score (nSPS) is 11.9. The molecule has 152 valence electrons. The number of aryl methyl sites for hydroxylation is 1. The highest BCUT2D eigenvalue weighted by atomic mass is 35.5. The van der Waals surface area contributed by atoms with Crippen molar-refractivity contribution in [2.45, 2.75) is 25.3 Å². The molecule has 0 bridgehead atoms. The molecule has 0 unspecified atom stereocenters. The number of para-hydroxylation sites is 1. The highest BCUT2D eigenvalue weighted by Crippen LogP contribution is 2.22. The van der Waals surface area contributed by atoms with Crippen LogP contribution in [0.25, 0.3) is 0 Å². The number of rotatable bonds is 8. The van der Waals surface area contributed by atoms with Gasteiger partial charge in [-0.2, -0.15) is 0 Å². The van der Waals surface area contributed by atoms with Gasteiger partial charge in [0.1, 0.15) is 12.4 Å². The summed E-state index contributed by atoms with van der Waals surface area (Å²) in [6, 6.07) is 12.6. The van der Waals surface area contributed by atoms with Crippen molar-refractivity contribution >= 4 is 27.4 Å². The highest BCUT2D eigenvalue weighted by Gasteiger charge is 2.10. The molecule has 0 atom stereocenters. The van der Waals surface area contributed by atoms with Gasteiger partial charge in [0, 0.05) is 12.8 Å². The summed E-state index contributed by atoms with van der Waals surface area (Å²) in [6.07, 6.45) is 1.21. The van der Waals surface area contributed by atoms with E-state index in [1.165, 1.54) is 6.26 Å². The lowest BCUT2D eigenvalue weighted by Crippen LogP contribution is -2.39. The predicted octanol–water partition coefficient (Wildman–Crippen LogP) is 3.19. The number of nitrogens with zero attached hydrogens (tertiary/aromatic N) is 1. The first-order valence-corrected chi connectivity index (χ1v) is 11.3. The maximum Gasteiger partial charge on any atom is 0.191 e. The third-order valence-corrected chi connectivity index (χ3v) is 5.46. The van der Waals surface area contributed by atoms with Gasteiger partial charge in [-0.25, -0.2) is 13.4 Å². The van der Waals surface area contributed by atoms with Crippen molar-refractivity contribution in [1.82, 2.24) is 10.6 Å². The molecule has 0 saturated carbocycles. The van der Waals surface area contributed by atoms with Crippen LogP contribution in [0.2, 0.25) is 5.02 Å². The van der Waals surface area contributed by atoms with Crippen LogP contribution in [0.4, 0.5) is 0 Å². The molecule has 0 fully saturated rings. The van der Waals surface area contributed by atoms with E-state index in [0.717, 1.165) is 17.7 Å². The van der Waals surface area contributed by atoms with Crippen molar-refractivity contribution in [3.63, 3.8) is 0 Å². The minimum absolute atomic E-state index is 0.349. The molecule has 0 saturated heterocycles. The summed E-state index contributed by atoms with van der Waals surface area (Å²) < 4.78 is 29.1. The van der Waals surface area contributed by atoms with Gasteiger partial charge >= 0.3 is 0 Å². The number of halogens is 1. The van der Waals surface area contributed by atoms with Crippen molar-refractivity contribution in [3.05, 3.63) is 58.6 Å². The van der Waals surface area contributed by atoms with E-state index in [1.54, 1.807) is 25.1 Å². The Bertz CT molecular complexity index is 930. The molecule has 2 rings (SSSR count). The average Bonchev–Trinajstić information content (AvgIpc) is 2.63. The van der Waals surface area contributed by atoms with Gasteiger partial charge in [0.25, 0.3) is 0 Å². The predicted molar refractivity (Wildman–Crippen MR) is 114 cm³/mol. The molecule has 0 spiro atoms. The molecule has 0 aliphatic heterocycles. The van der Waals surface area contributed by atoms with Crippen LogP contribution < -0.4 is 15.4 Å². The quantitative estimate of drug-likeness (QED) is 0.387. The summed E-state index contributed by atoms with van der Waals surface area (Å²) in [5.74, 6) is 1.31. The van der Waals surface area contributed by atoms with E-state index < -0.39 is 9.84 Å². The molecule has 6 nitrogen and oxygen atoms in total. The van der Waals surface area contributed by atoms with E-state index in [9.17, 15) is 8.42 Å². The molecular weight excluding hydrogens is 398 g/mol. The number of nitrogens with one attached hydrogen (secondary N) is 2. The van der Waals surface area contributed by atoms with Gasteiger partial charge in [0.15, 0.2) is 15.8 Å². The molecule has 2 aromatic rings. The SMILES string of the molecule is CCNC(=NCc1ccc(S(C)(=O)=O)c(C)c1)NCCOc1ccccc1Cl. The van der Waals surface area contributed by atoms with Crippen LogP contribution in [0.1, 0.15) is 18.1 Å². The fourth-order valence-corrected chi connectivity index (χ4v) is 3.78. The summed E-state index contributed by atoms with van der Waals surface area (Å²) in [4.78, 5) is 4.89. The Balaban J connectivity index is 1.93. The fraction of sp³-hybridized carbons (Fsp3) is 0.350. The Kier molecular flexibility index (Phi) is 8.14. The summed E-state index contributed by atoms with van der Waals surface area (Å²) in [7, 11) is -3.21. The van der Waals surface area contributed by atoms with Gasteiger partial charge in [-0.3, -0.25) is 0 Å². The Hall–Kier alpha value is -2.25. The first-order valence-electron chi connectivity index (χ1n) is 9.00. The standard InChI is InChI=1S/C20H26ClN3O3S/c1-4-22-20(23-11-12-27-18-8-6-5-7-17(18)21)24-14-16-9-10-19(15(2)13-16)28(3,25)26/h5-10,13H,4,11-12,14H2,1-3H3,(H2,22,23,24). The van der Waals surface area contributed by atoms with Crippen LogP contribution in [0.15, 0.2) is 52.4 Å². The minimum atomic E-state index is -3.21. The largest absolute Gasteiger partial charge is 0.490 e. The molecule has 0 heterocycles. The van der Waals surface area contributed by atoms with Gasteiger partial charge in [0.2, 0.25) is 0 Å². The van der Waals surface area contributed by atoms with E-state index in [0.29, 0.717) is 41.3 Å². The first-order chi connectivity index (χ1) is 13.3. The van der Waals surface area contributed by atoms with Gasteiger partial charge in [0.05, 0.1) is 23.0 Å². The number of benzene rings is 2. The lowest BCUT2D eigenvalue weighted by atomic mass is 10.1. The second kappa shape index (κ2) is 10.3. The molecule has 0 aliphatic rings. The van der Waals surface area contributed by atoms with Crippen molar-refractivity contribution in [2.24, 2.45) is 4.99 Å². The molecule has 0 amide bonds. The van der Waals surface area contributed by atoms with Gasteiger partial charge in [-0.05, 0) is 43.2 Å². The molecule has 0 radical (unpaired) electrons. The summed E-state index contributed by atoms with van der Waals surface area (Å²) in [5.41, 5.74) is 1.66. The van der Waals surface area contributed by atoms with Crippen LogP contribution in [-0.4, -0.2) is 40.3 Å². The van der Waals surface area contributed by atoms with Crippen molar-refractivity contribution < 1.29 is 13.2 Å². The third-order valence-electron chi connectivity index (χ3n) is 3.89. The number of hydrogen-bond acceptors (Lipinski definition) is 4. The molecule has 8 heteroatoms. The lowest BCUT2D eigenvalue weighted by molar-refractivity contribution is 0.322. The molecule has 2 N–H and O–H groups in total. The van der Waals surface area contributed by atoms with Crippen molar-refractivity contribution in [3.8, 4) is 5.75 Å². The van der Waals surface area contributed by atoms with Crippen molar-refractivity contribution in [2.75, 3.05) is 26.0 Å². The van der Waals surface area contributed by atoms with Gasteiger partial charge in [-0.15, -0.1) is 0 Å². The molecule has 2 aromatic carbocycles. The molecule has 0 aromatic heterocycles. The number of aliphatic imine (C=N–C) groups is 1. The Labute approximate surface area is 171 Å². The fourth-order valence-electron chi connectivity index (χ4n) is 2.63.